The van der Waals surface area contributed by atoms with E-state index in [2.05, 4.69) is 0 Å². The Labute approximate surface area is 217 Å². The summed E-state index contributed by atoms with van der Waals surface area (Å²) < 4.78 is 22.5. The molecule has 0 aliphatic carbocycles. The van der Waals surface area contributed by atoms with Gasteiger partial charge >= 0.3 is 17.9 Å². The molecular weight excluding hydrogens is 502 g/mol. The van der Waals surface area contributed by atoms with Gasteiger partial charge in [0.25, 0.3) is 11.8 Å². The van der Waals surface area contributed by atoms with E-state index in [0.717, 1.165) is 16.7 Å². The second kappa shape index (κ2) is 11.1. The van der Waals surface area contributed by atoms with Crippen molar-refractivity contribution in [2.75, 3.05) is 6.61 Å². The van der Waals surface area contributed by atoms with Crippen LogP contribution in [0.15, 0.2) is 59.5 Å². The van der Waals surface area contributed by atoms with Crippen molar-refractivity contribution in [2.24, 2.45) is 0 Å². The van der Waals surface area contributed by atoms with Crippen LogP contribution in [0.1, 0.15) is 41.5 Å². The third-order valence-corrected chi connectivity index (χ3v) is 6.96. The van der Waals surface area contributed by atoms with Gasteiger partial charge in [-0.1, -0.05) is 42.1 Å². The molecule has 2 amide bonds. The monoisotopic (exact) mass is 527 g/mol. The van der Waals surface area contributed by atoms with Crippen LogP contribution in [0, 0.1) is 0 Å². The summed E-state index contributed by atoms with van der Waals surface area (Å²) in [6.45, 7) is 3.23. The van der Waals surface area contributed by atoms with Crippen molar-refractivity contribution in [2.45, 2.75) is 55.5 Å². The molecule has 37 heavy (non-hydrogen) atoms. The van der Waals surface area contributed by atoms with Gasteiger partial charge in [0.05, 0.1) is 11.1 Å². The second-order valence-electron chi connectivity index (χ2n) is 8.44. The maximum atomic E-state index is 13.5. The highest BCUT2D eigenvalue weighted by molar-refractivity contribution is 7.99. The van der Waals surface area contributed by atoms with Gasteiger partial charge in [0.15, 0.2) is 12.2 Å². The summed E-state index contributed by atoms with van der Waals surface area (Å²) in [6.07, 6.45) is -3.63. The molecular formula is C26H25NO9S. The lowest BCUT2D eigenvalue weighted by molar-refractivity contribution is -0.216. The van der Waals surface area contributed by atoms with Gasteiger partial charge in [0.1, 0.15) is 24.2 Å². The normalized spacial score (nSPS) is 24.8. The largest absolute Gasteiger partial charge is 0.463 e. The highest BCUT2D eigenvalue weighted by Gasteiger charge is 2.56. The summed E-state index contributed by atoms with van der Waals surface area (Å²) in [5, 5.41) is 0. The van der Waals surface area contributed by atoms with Gasteiger partial charge in [-0.05, 0) is 24.3 Å². The van der Waals surface area contributed by atoms with Crippen LogP contribution in [0.3, 0.4) is 0 Å². The fourth-order valence-electron chi connectivity index (χ4n) is 4.37. The Kier molecular flexibility index (Phi) is 7.94. The number of carbonyl (C=O) groups excluding carboxylic acids is 5. The molecule has 1 saturated heterocycles. The predicted molar refractivity (Wildman–Crippen MR) is 129 cm³/mol. The third-order valence-electron chi connectivity index (χ3n) is 5.79. The average Bonchev–Trinajstić information content (AvgIpc) is 3.10. The van der Waals surface area contributed by atoms with E-state index in [9.17, 15) is 24.0 Å². The minimum atomic E-state index is -1.31. The second-order valence-corrected chi connectivity index (χ2v) is 9.61. The van der Waals surface area contributed by atoms with Crippen LogP contribution in [0.4, 0.5) is 0 Å². The van der Waals surface area contributed by atoms with Crippen LogP contribution >= 0.6 is 11.8 Å². The van der Waals surface area contributed by atoms with E-state index in [1.807, 2.05) is 30.3 Å². The highest BCUT2D eigenvalue weighted by Crippen LogP contribution is 2.40. The quantitative estimate of drug-likeness (QED) is 0.301. The van der Waals surface area contributed by atoms with Gasteiger partial charge in [0, 0.05) is 25.7 Å². The number of nitrogens with zero attached hydrogens (tertiary/aromatic N) is 1. The maximum absolute atomic E-state index is 13.5. The van der Waals surface area contributed by atoms with E-state index in [-0.39, 0.29) is 17.7 Å². The third kappa shape index (κ3) is 5.67. The number of ether oxygens (including phenoxy) is 4. The van der Waals surface area contributed by atoms with Crippen LogP contribution in [-0.4, -0.2) is 71.0 Å². The van der Waals surface area contributed by atoms with Gasteiger partial charge in [-0.2, -0.15) is 0 Å². The molecule has 194 valence electrons. The molecule has 2 heterocycles. The Bertz CT molecular complexity index is 1180. The lowest BCUT2D eigenvalue weighted by atomic mass is 9.96. The zero-order chi connectivity index (χ0) is 26.7. The van der Waals surface area contributed by atoms with Gasteiger partial charge in [-0.25, -0.2) is 0 Å². The smallest absolute Gasteiger partial charge is 0.303 e. The van der Waals surface area contributed by atoms with Crippen LogP contribution in [0.2, 0.25) is 0 Å². The Hall–Kier alpha value is -3.70. The molecule has 0 radical (unpaired) electrons. The number of imide groups is 1. The van der Waals surface area contributed by atoms with Crippen molar-refractivity contribution < 1.29 is 42.9 Å². The minimum Gasteiger partial charge on any atom is -0.463 e. The number of hydrogen-bond donors (Lipinski definition) is 0. The molecule has 2 aromatic rings. The molecule has 0 N–H and O–H groups in total. The Morgan fingerprint density at radius 2 is 1.35 bits per heavy atom. The first-order valence-corrected chi connectivity index (χ1v) is 12.4. The molecule has 0 spiro atoms. The standard InChI is InChI=1S/C26H25NO9S/c1-14(28)33-13-20-22(34-15(2)29)23(35-16(3)30)21(26(36-20)37-17-9-5-4-6-10-17)27-24(31)18-11-7-8-12-19(18)25(27)32/h4-12,20-23,26H,13H2,1-3H3/t20-,21+,22-,23+,26+/m0/s1. The van der Waals surface area contributed by atoms with Gasteiger partial charge in [-0.15, -0.1) is 0 Å². The molecule has 2 aliphatic rings. The average molecular weight is 528 g/mol. The predicted octanol–water partition coefficient (Wildman–Crippen LogP) is 2.59. The Morgan fingerprint density at radius 1 is 0.811 bits per heavy atom. The van der Waals surface area contributed by atoms with Crippen LogP contribution in [-0.2, 0) is 33.3 Å². The van der Waals surface area contributed by atoms with E-state index in [1.54, 1.807) is 12.1 Å². The molecule has 2 aromatic carbocycles. The lowest BCUT2D eigenvalue weighted by Gasteiger charge is -2.47. The minimum absolute atomic E-state index is 0.198. The molecule has 0 saturated carbocycles. The van der Waals surface area contributed by atoms with Crippen molar-refractivity contribution in [3.05, 3.63) is 65.7 Å². The fraction of sp³-hybridized carbons (Fsp3) is 0.346. The molecule has 0 aromatic heterocycles. The summed E-state index contributed by atoms with van der Waals surface area (Å²) in [5.41, 5.74) is -0.575. The van der Waals surface area contributed by atoms with Crippen molar-refractivity contribution >= 4 is 41.5 Å². The van der Waals surface area contributed by atoms with Crippen molar-refractivity contribution in [1.29, 1.82) is 0 Å². The van der Waals surface area contributed by atoms with E-state index in [4.69, 9.17) is 18.9 Å². The summed E-state index contributed by atoms with van der Waals surface area (Å²) in [7, 11) is 0. The van der Waals surface area contributed by atoms with Crippen LogP contribution in [0.25, 0.3) is 0 Å². The SMILES string of the molecule is CC(=O)OC[C@@H]1O[C@H](Sc2ccccc2)[C@H](N2C(=O)c3ccccc3C2=O)[C@@H](OC(C)=O)[C@H]1OC(C)=O. The molecule has 1 fully saturated rings. The molecule has 2 aliphatic heterocycles. The molecule has 0 unspecified atom stereocenters. The van der Waals surface area contributed by atoms with E-state index in [0.29, 0.717) is 0 Å². The number of fused-ring (bicyclic) bond motifs is 1. The highest BCUT2D eigenvalue weighted by atomic mass is 32.2. The van der Waals surface area contributed by atoms with E-state index < -0.39 is 59.5 Å². The van der Waals surface area contributed by atoms with E-state index in [1.165, 1.54) is 37.7 Å². The number of rotatable bonds is 7. The molecule has 5 atom stereocenters. The molecule has 4 rings (SSSR count). The molecule has 11 heteroatoms. The zero-order valence-corrected chi connectivity index (χ0v) is 21.1. The van der Waals surface area contributed by atoms with Crippen LogP contribution < -0.4 is 0 Å². The summed E-state index contributed by atoms with van der Waals surface area (Å²) in [4.78, 5) is 64.6. The van der Waals surface area contributed by atoms with Crippen molar-refractivity contribution in [1.82, 2.24) is 4.90 Å². The number of hydrogen-bond acceptors (Lipinski definition) is 10. The van der Waals surface area contributed by atoms with Gasteiger partial charge in [0.2, 0.25) is 0 Å². The summed E-state index contributed by atoms with van der Waals surface area (Å²) >= 11 is 1.19. The van der Waals surface area contributed by atoms with E-state index >= 15 is 0 Å². The van der Waals surface area contributed by atoms with Crippen molar-refractivity contribution in [3.63, 3.8) is 0 Å². The number of benzene rings is 2. The molecule has 10 nitrogen and oxygen atoms in total. The Balaban J connectivity index is 1.81. The lowest BCUT2D eigenvalue weighted by Crippen LogP contribution is -2.66. The Morgan fingerprint density at radius 3 is 1.89 bits per heavy atom. The summed E-state index contributed by atoms with van der Waals surface area (Å²) in [5.74, 6) is -3.21. The first-order chi connectivity index (χ1) is 17.7. The number of carbonyl (C=O) groups is 5. The number of thioether (sulfide) groups is 1. The van der Waals surface area contributed by atoms with Crippen LogP contribution in [0.5, 0.6) is 0 Å². The topological polar surface area (TPSA) is 126 Å². The first-order valence-electron chi connectivity index (χ1n) is 11.5. The van der Waals surface area contributed by atoms with Gasteiger partial charge < -0.3 is 18.9 Å². The van der Waals surface area contributed by atoms with Crippen molar-refractivity contribution in [3.8, 4) is 0 Å². The first kappa shape index (κ1) is 26.4. The maximum Gasteiger partial charge on any atom is 0.303 e. The zero-order valence-electron chi connectivity index (χ0n) is 20.3. The fourth-order valence-corrected chi connectivity index (χ4v) is 5.56. The number of esters is 3. The molecule has 0 bridgehead atoms. The summed E-state index contributed by atoms with van der Waals surface area (Å²) in [6, 6.07) is 14.2. The number of amides is 2. The van der Waals surface area contributed by atoms with Gasteiger partial charge in [-0.3, -0.25) is 28.9 Å².